The van der Waals surface area contributed by atoms with E-state index in [-0.39, 0.29) is 5.82 Å². The zero-order valence-electron chi connectivity index (χ0n) is 16.4. The summed E-state index contributed by atoms with van der Waals surface area (Å²) in [5, 5.41) is 9.27. The third-order valence-electron chi connectivity index (χ3n) is 6.89. The Balaban J connectivity index is 1.87. The molecular weight excluding hydrogens is 383 g/mol. The van der Waals surface area contributed by atoms with Crippen molar-refractivity contribution in [1.82, 2.24) is 9.38 Å². The fraction of sp³-hybridized carbons (Fsp3) is 0. The quantitative estimate of drug-likeness (QED) is 0.269. The molecule has 8 aromatic rings. The highest BCUT2D eigenvalue weighted by Gasteiger charge is 2.23. The Bertz CT molecular complexity index is 2010. The molecule has 2 nitrogen and oxygen atoms in total. The van der Waals surface area contributed by atoms with Gasteiger partial charge in [-0.3, -0.25) is 0 Å². The number of aromatic amines is 1. The highest BCUT2D eigenvalue weighted by atomic mass is 19.1. The summed E-state index contributed by atoms with van der Waals surface area (Å²) in [6.07, 6.45) is 0. The number of aromatic nitrogens is 2. The maximum atomic E-state index is 14.5. The Morgan fingerprint density at radius 3 is 2.29 bits per heavy atom. The van der Waals surface area contributed by atoms with Crippen molar-refractivity contribution in [1.29, 1.82) is 0 Å². The van der Waals surface area contributed by atoms with E-state index in [1.165, 1.54) is 37.8 Å². The first-order valence-corrected chi connectivity index (χ1v) is 10.5. The van der Waals surface area contributed by atoms with Crippen LogP contribution in [0.25, 0.3) is 70.7 Å². The van der Waals surface area contributed by atoms with Gasteiger partial charge in [0.2, 0.25) is 0 Å². The molecule has 0 unspecified atom stereocenters. The van der Waals surface area contributed by atoms with Crippen molar-refractivity contribution < 1.29 is 4.39 Å². The minimum atomic E-state index is -0.214. The topological polar surface area (TPSA) is 20.2 Å². The van der Waals surface area contributed by atoms with E-state index < -0.39 is 0 Å². The van der Waals surface area contributed by atoms with E-state index in [0.29, 0.717) is 0 Å². The first-order chi connectivity index (χ1) is 15.3. The molecule has 0 fully saturated rings. The average Bonchev–Trinajstić information content (AvgIpc) is 3.45. The highest BCUT2D eigenvalue weighted by molar-refractivity contribution is 6.39. The van der Waals surface area contributed by atoms with E-state index in [1.807, 2.05) is 6.07 Å². The summed E-state index contributed by atoms with van der Waals surface area (Å²) >= 11 is 0. The van der Waals surface area contributed by atoms with E-state index in [9.17, 15) is 4.39 Å². The van der Waals surface area contributed by atoms with Crippen molar-refractivity contribution in [2.45, 2.75) is 0 Å². The molecule has 0 aliphatic carbocycles. The summed E-state index contributed by atoms with van der Waals surface area (Å²) in [4.78, 5) is 3.63. The summed E-state index contributed by atoms with van der Waals surface area (Å²) in [7, 11) is 0. The van der Waals surface area contributed by atoms with Crippen molar-refractivity contribution in [3.05, 3.63) is 90.7 Å². The SMILES string of the molecule is Fc1ccc2c(c1)c1c(c3cccc4c5ccccc5n1c43)c1c3ccccc3[nH]c21. The lowest BCUT2D eigenvalue weighted by atomic mass is 9.98. The minimum Gasteiger partial charge on any atom is -0.354 e. The number of nitrogens with zero attached hydrogens (tertiary/aromatic N) is 1. The molecule has 8 rings (SSSR count). The lowest BCUT2D eigenvalue weighted by Gasteiger charge is -2.07. The number of H-pyrrole nitrogens is 1. The zero-order valence-corrected chi connectivity index (χ0v) is 16.4. The van der Waals surface area contributed by atoms with E-state index >= 15 is 0 Å². The van der Waals surface area contributed by atoms with Gasteiger partial charge in [0.1, 0.15) is 5.82 Å². The molecule has 0 bridgehead atoms. The van der Waals surface area contributed by atoms with Crippen LogP contribution in [0.15, 0.2) is 84.9 Å². The van der Waals surface area contributed by atoms with Crippen LogP contribution in [0, 0.1) is 5.82 Å². The van der Waals surface area contributed by atoms with Crippen LogP contribution < -0.4 is 0 Å². The number of para-hydroxylation sites is 3. The van der Waals surface area contributed by atoms with Gasteiger partial charge in [-0.2, -0.15) is 0 Å². The number of hydrogen-bond donors (Lipinski definition) is 1. The molecule has 0 aliphatic rings. The first-order valence-electron chi connectivity index (χ1n) is 10.5. The summed E-state index contributed by atoms with van der Waals surface area (Å²) in [6, 6.07) is 28.6. The van der Waals surface area contributed by atoms with Crippen LogP contribution in [0.3, 0.4) is 0 Å². The van der Waals surface area contributed by atoms with Crippen molar-refractivity contribution in [2.75, 3.05) is 0 Å². The van der Waals surface area contributed by atoms with Gasteiger partial charge >= 0.3 is 0 Å². The fourth-order valence-corrected chi connectivity index (χ4v) is 5.73. The third-order valence-corrected chi connectivity index (χ3v) is 6.89. The smallest absolute Gasteiger partial charge is 0.123 e. The van der Waals surface area contributed by atoms with Crippen LogP contribution in [0.5, 0.6) is 0 Å². The second kappa shape index (κ2) is 5.13. The molecule has 0 aliphatic heterocycles. The van der Waals surface area contributed by atoms with Crippen LogP contribution >= 0.6 is 0 Å². The normalized spacial score (nSPS) is 12.7. The van der Waals surface area contributed by atoms with E-state index in [0.717, 1.165) is 32.8 Å². The molecule has 0 saturated heterocycles. The van der Waals surface area contributed by atoms with Gasteiger partial charge in [-0.25, -0.2) is 4.39 Å². The van der Waals surface area contributed by atoms with Gasteiger partial charge in [0.15, 0.2) is 0 Å². The first kappa shape index (κ1) is 15.7. The zero-order chi connectivity index (χ0) is 20.3. The number of benzene rings is 5. The predicted molar refractivity (Wildman–Crippen MR) is 128 cm³/mol. The Labute approximate surface area is 175 Å². The molecule has 0 atom stereocenters. The summed E-state index contributed by atoms with van der Waals surface area (Å²) in [6.45, 7) is 0. The number of hydrogen-bond acceptors (Lipinski definition) is 0. The van der Waals surface area contributed by atoms with Gasteiger partial charge in [0.25, 0.3) is 0 Å². The standard InChI is InChI=1S/C28H15FN2/c29-15-12-13-17-21(14-15)28-25(24-19-7-1-3-10-22(19)30-26(17)24)20-9-5-8-18-16-6-2-4-11-23(16)31(28)27(18)20/h1-14,30H. The van der Waals surface area contributed by atoms with Crippen molar-refractivity contribution >= 4 is 70.7 Å². The minimum absolute atomic E-state index is 0.214. The van der Waals surface area contributed by atoms with Crippen molar-refractivity contribution in [3.63, 3.8) is 0 Å². The van der Waals surface area contributed by atoms with E-state index in [2.05, 4.69) is 76.1 Å². The van der Waals surface area contributed by atoms with Crippen LogP contribution in [-0.2, 0) is 0 Å². The fourth-order valence-electron chi connectivity index (χ4n) is 5.73. The van der Waals surface area contributed by atoms with Crippen LogP contribution in [0.1, 0.15) is 0 Å². The van der Waals surface area contributed by atoms with Crippen molar-refractivity contribution in [3.8, 4) is 0 Å². The number of fused-ring (bicyclic) bond motifs is 13. The maximum Gasteiger partial charge on any atom is 0.123 e. The lowest BCUT2D eigenvalue weighted by molar-refractivity contribution is 0.630. The van der Waals surface area contributed by atoms with Crippen LogP contribution in [0.2, 0.25) is 0 Å². The number of halogens is 1. The number of rotatable bonds is 0. The second-order valence-electron chi connectivity index (χ2n) is 8.39. The van der Waals surface area contributed by atoms with E-state index in [4.69, 9.17) is 0 Å². The van der Waals surface area contributed by atoms with Gasteiger partial charge in [0.05, 0.1) is 22.1 Å². The molecule has 0 saturated carbocycles. The van der Waals surface area contributed by atoms with Crippen molar-refractivity contribution in [2.24, 2.45) is 0 Å². The molecule has 0 radical (unpaired) electrons. The summed E-state index contributed by atoms with van der Waals surface area (Å²) < 4.78 is 16.9. The Morgan fingerprint density at radius 2 is 1.35 bits per heavy atom. The lowest BCUT2D eigenvalue weighted by Crippen LogP contribution is -1.86. The monoisotopic (exact) mass is 398 g/mol. The molecular formula is C28H15FN2. The predicted octanol–water partition coefficient (Wildman–Crippen LogP) is 7.76. The molecule has 144 valence electrons. The number of nitrogens with one attached hydrogen (secondary N) is 1. The highest BCUT2D eigenvalue weighted by Crippen LogP contribution is 2.46. The Kier molecular flexibility index (Phi) is 2.60. The van der Waals surface area contributed by atoms with Crippen LogP contribution in [0.4, 0.5) is 4.39 Å². The molecule has 3 heteroatoms. The molecule has 0 amide bonds. The molecule has 1 N–H and O–H groups in total. The van der Waals surface area contributed by atoms with Gasteiger partial charge in [-0.1, -0.05) is 54.6 Å². The molecule has 5 aromatic carbocycles. The van der Waals surface area contributed by atoms with Gasteiger partial charge in [-0.15, -0.1) is 0 Å². The summed E-state index contributed by atoms with van der Waals surface area (Å²) in [5.74, 6) is -0.214. The molecule has 31 heavy (non-hydrogen) atoms. The second-order valence-corrected chi connectivity index (χ2v) is 8.39. The largest absolute Gasteiger partial charge is 0.354 e. The van der Waals surface area contributed by atoms with E-state index in [1.54, 1.807) is 12.1 Å². The Morgan fingerprint density at radius 1 is 0.581 bits per heavy atom. The molecule has 3 aromatic heterocycles. The Hall–Kier alpha value is -4.11. The maximum absolute atomic E-state index is 14.5. The molecule has 0 spiro atoms. The van der Waals surface area contributed by atoms with Gasteiger partial charge in [0, 0.05) is 48.6 Å². The summed E-state index contributed by atoms with van der Waals surface area (Å²) in [5.41, 5.74) is 5.63. The third kappa shape index (κ3) is 1.71. The molecule has 3 heterocycles. The average molecular weight is 398 g/mol. The van der Waals surface area contributed by atoms with Crippen LogP contribution in [-0.4, -0.2) is 9.38 Å². The van der Waals surface area contributed by atoms with Gasteiger partial charge in [-0.05, 0) is 30.3 Å². The van der Waals surface area contributed by atoms with Gasteiger partial charge < -0.3 is 9.38 Å².